The Kier molecular flexibility index (Phi) is 5.01. The molecule has 26 heavy (non-hydrogen) atoms. The predicted octanol–water partition coefficient (Wildman–Crippen LogP) is 4.82. The Balaban J connectivity index is 2.27. The Bertz CT molecular complexity index is 1110. The molecule has 2 aromatic carbocycles. The van der Waals surface area contributed by atoms with Crippen molar-refractivity contribution in [2.75, 3.05) is 7.11 Å². The second-order valence-corrected chi connectivity index (χ2v) is 8.19. The van der Waals surface area contributed by atoms with E-state index in [0.717, 1.165) is 6.07 Å². The molecule has 5 nitrogen and oxygen atoms in total. The summed E-state index contributed by atoms with van der Waals surface area (Å²) in [4.78, 5) is 8.09. The van der Waals surface area contributed by atoms with E-state index in [9.17, 15) is 17.2 Å². The van der Waals surface area contributed by atoms with Crippen LogP contribution in [0.25, 0.3) is 22.2 Å². The molecule has 0 saturated carbocycles. The fraction of sp³-hybridized carbons (Fsp3) is 0.125. The number of benzene rings is 2. The molecule has 0 amide bonds. The molecule has 0 spiro atoms. The van der Waals surface area contributed by atoms with Gasteiger partial charge in [0.2, 0.25) is 0 Å². The van der Waals surface area contributed by atoms with Crippen LogP contribution in [-0.4, -0.2) is 25.5 Å². The van der Waals surface area contributed by atoms with Crippen LogP contribution in [0.4, 0.5) is 8.78 Å². The van der Waals surface area contributed by atoms with Gasteiger partial charge >= 0.3 is 0 Å². The zero-order valence-electron chi connectivity index (χ0n) is 13.1. The van der Waals surface area contributed by atoms with Crippen LogP contribution < -0.4 is 4.74 Å². The molecule has 0 N–H and O–H groups in total. The topological polar surface area (TPSA) is 69.2 Å². The number of aromatic nitrogens is 2. The monoisotopic (exact) mass is 418 g/mol. The molecule has 3 aromatic rings. The fourth-order valence-electron chi connectivity index (χ4n) is 2.49. The van der Waals surface area contributed by atoms with E-state index < -0.39 is 15.5 Å². The van der Waals surface area contributed by atoms with Crippen molar-refractivity contribution in [2.45, 2.75) is 11.3 Å². The van der Waals surface area contributed by atoms with Gasteiger partial charge in [-0.05, 0) is 30.3 Å². The minimum Gasteiger partial charge on any atom is -0.496 e. The molecular formula is C16H10Cl2F2N2O3S. The third-order valence-electron chi connectivity index (χ3n) is 3.70. The van der Waals surface area contributed by atoms with Crippen molar-refractivity contribution < 1.29 is 21.9 Å². The number of methoxy groups -OCH3 is 1. The number of alkyl halides is 2. The van der Waals surface area contributed by atoms with Crippen molar-refractivity contribution in [2.24, 2.45) is 0 Å². The molecule has 10 heteroatoms. The summed E-state index contributed by atoms with van der Waals surface area (Å²) in [6, 6.07) is 6.56. The van der Waals surface area contributed by atoms with Crippen LogP contribution >= 0.6 is 22.3 Å². The molecule has 0 saturated heterocycles. The highest BCUT2D eigenvalue weighted by atomic mass is 35.7. The number of rotatable bonds is 4. The molecule has 0 bridgehead atoms. The Morgan fingerprint density at radius 3 is 2.50 bits per heavy atom. The third kappa shape index (κ3) is 3.44. The van der Waals surface area contributed by atoms with Crippen molar-refractivity contribution in [1.29, 1.82) is 0 Å². The van der Waals surface area contributed by atoms with E-state index in [1.165, 1.54) is 37.7 Å². The molecule has 136 valence electrons. The van der Waals surface area contributed by atoms with Crippen LogP contribution in [0.5, 0.6) is 5.75 Å². The summed E-state index contributed by atoms with van der Waals surface area (Å²) < 4.78 is 54.3. The highest BCUT2D eigenvalue weighted by molar-refractivity contribution is 8.13. The lowest BCUT2D eigenvalue weighted by Crippen LogP contribution is -1.97. The van der Waals surface area contributed by atoms with Gasteiger partial charge in [0, 0.05) is 27.2 Å². The number of hydrogen-bond donors (Lipinski definition) is 0. The molecule has 1 heterocycles. The quantitative estimate of drug-likeness (QED) is 0.567. The normalized spacial score (nSPS) is 11.9. The maximum atomic E-state index is 13.1. The van der Waals surface area contributed by atoms with Gasteiger partial charge in [0.1, 0.15) is 12.1 Å². The number of hydrogen-bond acceptors (Lipinski definition) is 5. The molecule has 0 atom stereocenters. The first-order valence-electron chi connectivity index (χ1n) is 7.07. The molecule has 1 aromatic heterocycles. The summed E-state index contributed by atoms with van der Waals surface area (Å²) in [6.45, 7) is 0. The highest BCUT2D eigenvalue weighted by Gasteiger charge is 2.20. The molecule has 0 aliphatic rings. The predicted molar refractivity (Wildman–Crippen MR) is 94.5 cm³/mol. The lowest BCUT2D eigenvalue weighted by atomic mass is 10.0. The molecule has 0 unspecified atom stereocenters. The van der Waals surface area contributed by atoms with E-state index in [0.29, 0.717) is 22.2 Å². The summed E-state index contributed by atoms with van der Waals surface area (Å²) >= 11 is 5.96. The number of fused-ring (bicyclic) bond motifs is 1. The van der Waals surface area contributed by atoms with Crippen LogP contribution in [-0.2, 0) is 9.05 Å². The highest BCUT2D eigenvalue weighted by Crippen LogP contribution is 2.39. The van der Waals surface area contributed by atoms with Crippen molar-refractivity contribution in [1.82, 2.24) is 9.97 Å². The summed E-state index contributed by atoms with van der Waals surface area (Å²) in [5.74, 6) is 0.152. The van der Waals surface area contributed by atoms with Crippen LogP contribution in [0.1, 0.15) is 12.0 Å². The first kappa shape index (κ1) is 18.8. The molecule has 0 radical (unpaired) electrons. The minimum atomic E-state index is -3.92. The maximum Gasteiger partial charge on any atom is 0.265 e. The molecule has 3 rings (SSSR count). The SMILES string of the molecule is COc1cc(C(F)F)c(Cl)cc1-c1ncnc2cc(S(=O)(=O)Cl)ccc12. The van der Waals surface area contributed by atoms with Crippen molar-refractivity contribution >= 4 is 42.2 Å². The lowest BCUT2D eigenvalue weighted by molar-refractivity contribution is 0.151. The van der Waals surface area contributed by atoms with Gasteiger partial charge in [-0.2, -0.15) is 0 Å². The van der Waals surface area contributed by atoms with Gasteiger partial charge in [0.15, 0.2) is 0 Å². The fourth-order valence-corrected chi connectivity index (χ4v) is 3.51. The molecular weight excluding hydrogens is 409 g/mol. The third-order valence-corrected chi connectivity index (χ3v) is 5.38. The zero-order chi connectivity index (χ0) is 19.1. The number of nitrogens with zero attached hydrogens (tertiary/aromatic N) is 2. The smallest absolute Gasteiger partial charge is 0.265 e. The van der Waals surface area contributed by atoms with Gasteiger partial charge in [-0.15, -0.1) is 0 Å². The maximum absolute atomic E-state index is 13.1. The van der Waals surface area contributed by atoms with Crippen LogP contribution in [0.2, 0.25) is 5.02 Å². The summed E-state index contributed by atoms with van der Waals surface area (Å²) in [5, 5.41) is 0.346. The Hall–Kier alpha value is -2.03. The molecule has 0 aliphatic heterocycles. The largest absolute Gasteiger partial charge is 0.496 e. The Morgan fingerprint density at radius 2 is 1.88 bits per heavy atom. The first-order valence-corrected chi connectivity index (χ1v) is 9.76. The first-order chi connectivity index (χ1) is 12.2. The van der Waals surface area contributed by atoms with E-state index in [4.69, 9.17) is 27.0 Å². The second kappa shape index (κ2) is 6.94. The van der Waals surface area contributed by atoms with Crippen molar-refractivity contribution in [3.8, 4) is 17.0 Å². The number of halogens is 4. The van der Waals surface area contributed by atoms with E-state index in [-0.39, 0.29) is 21.2 Å². The summed E-state index contributed by atoms with van der Waals surface area (Å²) in [5.41, 5.74) is 0.679. The van der Waals surface area contributed by atoms with Gasteiger partial charge in [-0.3, -0.25) is 0 Å². The van der Waals surface area contributed by atoms with Crippen LogP contribution in [0.3, 0.4) is 0 Å². The van der Waals surface area contributed by atoms with Gasteiger partial charge in [0.25, 0.3) is 15.5 Å². The van der Waals surface area contributed by atoms with Crippen LogP contribution in [0.15, 0.2) is 41.6 Å². The molecule has 0 fully saturated rings. The van der Waals surface area contributed by atoms with Crippen molar-refractivity contribution in [3.63, 3.8) is 0 Å². The minimum absolute atomic E-state index is 0.116. The summed E-state index contributed by atoms with van der Waals surface area (Å²) in [6.07, 6.45) is -1.54. The van der Waals surface area contributed by atoms with E-state index >= 15 is 0 Å². The Labute approximate surface area is 157 Å². The van der Waals surface area contributed by atoms with E-state index in [2.05, 4.69) is 9.97 Å². The van der Waals surface area contributed by atoms with E-state index in [1.54, 1.807) is 0 Å². The standard InChI is InChI=1S/C16H10Cl2F2N2O3S/c1-25-14-6-10(16(19)20)12(17)5-11(14)15-9-3-2-8(26(18,23)24)4-13(9)21-7-22-15/h2-7,16H,1H3. The van der Waals surface area contributed by atoms with Crippen LogP contribution in [0, 0.1) is 0 Å². The lowest BCUT2D eigenvalue weighted by Gasteiger charge is -2.13. The number of ether oxygens (including phenoxy) is 1. The van der Waals surface area contributed by atoms with Gasteiger partial charge in [-0.1, -0.05) is 11.6 Å². The average molecular weight is 419 g/mol. The average Bonchev–Trinajstić information content (AvgIpc) is 2.59. The zero-order valence-corrected chi connectivity index (χ0v) is 15.4. The van der Waals surface area contributed by atoms with Gasteiger partial charge in [0.05, 0.1) is 28.2 Å². The van der Waals surface area contributed by atoms with Gasteiger partial charge in [-0.25, -0.2) is 27.2 Å². The van der Waals surface area contributed by atoms with Crippen molar-refractivity contribution in [3.05, 3.63) is 47.2 Å². The second-order valence-electron chi connectivity index (χ2n) is 5.21. The van der Waals surface area contributed by atoms with Gasteiger partial charge < -0.3 is 4.74 Å². The Morgan fingerprint density at radius 1 is 1.15 bits per heavy atom. The van der Waals surface area contributed by atoms with E-state index in [1.807, 2.05) is 0 Å². The molecule has 0 aliphatic carbocycles. The summed E-state index contributed by atoms with van der Waals surface area (Å²) in [7, 11) is 2.76.